The summed E-state index contributed by atoms with van der Waals surface area (Å²) in [6.45, 7) is 8.20. The third-order valence-corrected chi connectivity index (χ3v) is 2.36. The van der Waals surface area contributed by atoms with Crippen molar-refractivity contribution in [2.24, 2.45) is 5.92 Å². The van der Waals surface area contributed by atoms with Gasteiger partial charge < -0.3 is 10.1 Å². The molecule has 17 heavy (non-hydrogen) atoms. The normalized spacial score (nSPS) is 10.6. The van der Waals surface area contributed by atoms with E-state index in [1.165, 1.54) is 12.7 Å². The minimum atomic E-state index is 0.646. The van der Waals surface area contributed by atoms with Crippen molar-refractivity contribution in [3.8, 4) is 5.88 Å². The highest BCUT2D eigenvalue weighted by Gasteiger charge is 1.99. The van der Waals surface area contributed by atoms with E-state index in [2.05, 4.69) is 36.1 Å². The molecule has 0 unspecified atom stereocenters. The molecule has 1 aromatic rings. The molecule has 0 aromatic carbocycles. The van der Waals surface area contributed by atoms with Crippen LogP contribution in [-0.2, 0) is 0 Å². The molecule has 0 bridgehead atoms. The predicted molar refractivity (Wildman–Crippen MR) is 70.4 cm³/mol. The molecule has 1 N–H and O–H groups in total. The summed E-state index contributed by atoms with van der Waals surface area (Å²) in [6.07, 6.45) is 4.92. The molecule has 4 nitrogen and oxygen atoms in total. The molecule has 0 saturated heterocycles. The Morgan fingerprint density at radius 1 is 1.35 bits per heavy atom. The van der Waals surface area contributed by atoms with Crippen molar-refractivity contribution >= 4 is 5.82 Å². The molecule has 0 saturated carbocycles. The Balaban J connectivity index is 2.32. The second-order valence-corrected chi connectivity index (χ2v) is 4.55. The van der Waals surface area contributed by atoms with Crippen LogP contribution in [-0.4, -0.2) is 23.1 Å². The lowest BCUT2D eigenvalue weighted by atomic mass is 10.1. The highest BCUT2D eigenvalue weighted by atomic mass is 16.5. The van der Waals surface area contributed by atoms with E-state index in [9.17, 15) is 0 Å². The first kappa shape index (κ1) is 13.7. The molecule has 1 heterocycles. The Kier molecular flexibility index (Phi) is 6.37. The summed E-state index contributed by atoms with van der Waals surface area (Å²) in [6, 6.07) is 1.85. The third kappa shape index (κ3) is 6.09. The van der Waals surface area contributed by atoms with Gasteiger partial charge in [-0.1, -0.05) is 20.8 Å². The van der Waals surface area contributed by atoms with E-state index in [4.69, 9.17) is 4.74 Å². The van der Waals surface area contributed by atoms with Gasteiger partial charge in [-0.15, -0.1) is 0 Å². The maximum Gasteiger partial charge on any atom is 0.218 e. The van der Waals surface area contributed by atoms with Crippen LogP contribution in [0.5, 0.6) is 5.88 Å². The average molecular weight is 237 g/mol. The van der Waals surface area contributed by atoms with Crippen LogP contribution in [0, 0.1) is 5.92 Å². The van der Waals surface area contributed by atoms with Crippen molar-refractivity contribution in [2.75, 3.05) is 18.5 Å². The van der Waals surface area contributed by atoms with Crippen LogP contribution in [0.4, 0.5) is 5.82 Å². The van der Waals surface area contributed by atoms with E-state index in [1.54, 1.807) is 0 Å². The lowest BCUT2D eigenvalue weighted by molar-refractivity contribution is 0.305. The van der Waals surface area contributed by atoms with Gasteiger partial charge in [0.25, 0.3) is 0 Å². The third-order valence-electron chi connectivity index (χ3n) is 2.36. The Morgan fingerprint density at radius 2 is 2.18 bits per heavy atom. The minimum absolute atomic E-state index is 0.646. The van der Waals surface area contributed by atoms with Crippen LogP contribution in [0.1, 0.15) is 40.0 Å². The topological polar surface area (TPSA) is 47.0 Å². The monoisotopic (exact) mass is 237 g/mol. The molecule has 0 atom stereocenters. The molecule has 1 rings (SSSR count). The summed E-state index contributed by atoms with van der Waals surface area (Å²) in [5, 5.41) is 3.29. The van der Waals surface area contributed by atoms with E-state index < -0.39 is 0 Å². The Hall–Kier alpha value is -1.32. The lowest BCUT2D eigenvalue weighted by Crippen LogP contribution is -2.06. The van der Waals surface area contributed by atoms with Gasteiger partial charge in [-0.3, -0.25) is 0 Å². The molecule has 96 valence electrons. The molecule has 0 aliphatic heterocycles. The minimum Gasteiger partial charge on any atom is -0.478 e. The van der Waals surface area contributed by atoms with Crippen molar-refractivity contribution in [3.05, 3.63) is 12.4 Å². The fourth-order valence-corrected chi connectivity index (χ4v) is 1.45. The molecule has 0 spiro atoms. The standard InChI is InChI=1S/C13H23N3O/c1-4-8-17-13-9-12(15-10-16-13)14-7-5-6-11(2)3/h9-11H,4-8H2,1-3H3,(H,14,15,16). The zero-order valence-corrected chi connectivity index (χ0v) is 11.1. The molecule has 0 radical (unpaired) electrons. The number of aromatic nitrogens is 2. The first-order valence-electron chi connectivity index (χ1n) is 6.41. The summed E-state index contributed by atoms with van der Waals surface area (Å²) in [4.78, 5) is 8.22. The smallest absolute Gasteiger partial charge is 0.218 e. The summed E-state index contributed by atoms with van der Waals surface area (Å²) >= 11 is 0. The molecular weight excluding hydrogens is 214 g/mol. The van der Waals surface area contributed by atoms with Gasteiger partial charge in [0.2, 0.25) is 5.88 Å². The maximum atomic E-state index is 5.45. The van der Waals surface area contributed by atoms with E-state index in [1.807, 2.05) is 6.07 Å². The second-order valence-electron chi connectivity index (χ2n) is 4.55. The Bertz CT molecular complexity index is 315. The second kappa shape index (κ2) is 7.87. The van der Waals surface area contributed by atoms with Crippen molar-refractivity contribution in [1.82, 2.24) is 9.97 Å². The predicted octanol–water partition coefficient (Wildman–Crippen LogP) is 3.11. The van der Waals surface area contributed by atoms with Crippen molar-refractivity contribution < 1.29 is 4.74 Å². The summed E-state index contributed by atoms with van der Waals surface area (Å²) < 4.78 is 5.45. The first-order chi connectivity index (χ1) is 8.22. The van der Waals surface area contributed by atoms with Crippen LogP contribution in [0.25, 0.3) is 0 Å². The molecular formula is C13H23N3O. The summed E-state index contributed by atoms with van der Waals surface area (Å²) in [7, 11) is 0. The Morgan fingerprint density at radius 3 is 2.88 bits per heavy atom. The fourth-order valence-electron chi connectivity index (χ4n) is 1.45. The zero-order chi connectivity index (χ0) is 12.5. The van der Waals surface area contributed by atoms with Crippen molar-refractivity contribution in [3.63, 3.8) is 0 Å². The lowest BCUT2D eigenvalue weighted by Gasteiger charge is -2.08. The summed E-state index contributed by atoms with van der Waals surface area (Å²) in [5.74, 6) is 2.24. The van der Waals surface area contributed by atoms with Gasteiger partial charge >= 0.3 is 0 Å². The maximum absolute atomic E-state index is 5.45. The SMILES string of the molecule is CCCOc1cc(NCCCC(C)C)ncn1. The van der Waals surface area contributed by atoms with Gasteiger partial charge in [0.05, 0.1) is 6.61 Å². The largest absolute Gasteiger partial charge is 0.478 e. The van der Waals surface area contributed by atoms with E-state index in [0.717, 1.165) is 31.1 Å². The molecule has 1 aromatic heterocycles. The van der Waals surface area contributed by atoms with Crippen LogP contribution in [0.15, 0.2) is 12.4 Å². The summed E-state index contributed by atoms with van der Waals surface area (Å²) in [5.41, 5.74) is 0. The van der Waals surface area contributed by atoms with E-state index in [0.29, 0.717) is 12.5 Å². The quantitative estimate of drug-likeness (QED) is 0.706. The molecule has 0 aliphatic carbocycles. The number of anilines is 1. The highest BCUT2D eigenvalue weighted by Crippen LogP contribution is 2.11. The van der Waals surface area contributed by atoms with E-state index in [-0.39, 0.29) is 0 Å². The number of rotatable bonds is 8. The van der Waals surface area contributed by atoms with Gasteiger partial charge in [0.1, 0.15) is 12.1 Å². The van der Waals surface area contributed by atoms with Gasteiger partial charge in [-0.05, 0) is 25.2 Å². The average Bonchev–Trinajstić information content (AvgIpc) is 2.32. The molecule has 0 aliphatic rings. The number of hydrogen-bond donors (Lipinski definition) is 1. The van der Waals surface area contributed by atoms with Crippen LogP contribution < -0.4 is 10.1 Å². The molecule has 4 heteroatoms. The number of nitrogens with zero attached hydrogens (tertiary/aromatic N) is 2. The Labute approximate surface area is 104 Å². The van der Waals surface area contributed by atoms with Crippen LogP contribution in [0.2, 0.25) is 0 Å². The van der Waals surface area contributed by atoms with Gasteiger partial charge in [-0.25, -0.2) is 9.97 Å². The number of nitrogens with one attached hydrogen (secondary N) is 1. The fraction of sp³-hybridized carbons (Fsp3) is 0.692. The van der Waals surface area contributed by atoms with Gasteiger partial charge in [-0.2, -0.15) is 0 Å². The molecule has 0 amide bonds. The van der Waals surface area contributed by atoms with Crippen molar-refractivity contribution in [2.45, 2.75) is 40.0 Å². The van der Waals surface area contributed by atoms with Crippen LogP contribution in [0.3, 0.4) is 0 Å². The number of hydrogen-bond acceptors (Lipinski definition) is 4. The zero-order valence-electron chi connectivity index (χ0n) is 11.1. The number of ether oxygens (including phenoxy) is 1. The van der Waals surface area contributed by atoms with Gasteiger partial charge in [0, 0.05) is 12.6 Å². The first-order valence-corrected chi connectivity index (χ1v) is 6.41. The van der Waals surface area contributed by atoms with Crippen molar-refractivity contribution in [1.29, 1.82) is 0 Å². The van der Waals surface area contributed by atoms with E-state index >= 15 is 0 Å². The van der Waals surface area contributed by atoms with Gasteiger partial charge in [0.15, 0.2) is 0 Å². The highest BCUT2D eigenvalue weighted by molar-refractivity contribution is 5.36. The molecule has 0 fully saturated rings. The van der Waals surface area contributed by atoms with Crippen LogP contribution >= 0.6 is 0 Å².